The van der Waals surface area contributed by atoms with E-state index in [1.165, 1.54) is 4.90 Å². The summed E-state index contributed by atoms with van der Waals surface area (Å²) >= 11 is 0. The van der Waals surface area contributed by atoms with Crippen molar-refractivity contribution in [1.82, 2.24) is 14.0 Å². The monoisotopic (exact) mass is 640 g/mol. The molecule has 7 rings (SSSR count). The van der Waals surface area contributed by atoms with Gasteiger partial charge in [-0.05, 0) is 73.7 Å². The first kappa shape index (κ1) is 30.9. The lowest BCUT2D eigenvalue weighted by Crippen LogP contribution is -2.45. The smallest absolute Gasteiger partial charge is 0.330 e. The number of hydrogen-bond acceptors (Lipinski definition) is 6. The fourth-order valence-corrected chi connectivity index (χ4v) is 6.76. The van der Waals surface area contributed by atoms with Gasteiger partial charge in [0, 0.05) is 31.3 Å². The highest BCUT2D eigenvalue weighted by atomic mass is 16.5. The molecule has 3 heterocycles. The van der Waals surface area contributed by atoms with Gasteiger partial charge in [0.2, 0.25) is 0 Å². The standard InChI is InChI=1S/C39H36N4O5/c1-24-18-25(2)36(26(3)19-24)40-35-22-32-31-21-33(47-4)34(48-23-27-10-6-5-7-11-27)20-28(31)14-15-41(32)39(46)42(35)16-17-43-37(44)29-12-8-9-13-30(29)38(43)45/h5-13,18-22H,14-17,23H2,1-4H3/b40-35+. The van der Waals surface area contributed by atoms with Gasteiger partial charge in [0.05, 0.1) is 29.6 Å². The first-order chi connectivity index (χ1) is 23.2. The van der Waals surface area contributed by atoms with Gasteiger partial charge in [-0.3, -0.25) is 23.6 Å². The second-order valence-electron chi connectivity index (χ2n) is 12.3. The molecule has 0 N–H and O–H groups in total. The molecule has 0 radical (unpaired) electrons. The first-order valence-electron chi connectivity index (χ1n) is 16.0. The molecule has 2 amide bonds. The van der Waals surface area contributed by atoms with Crippen LogP contribution in [-0.4, -0.2) is 39.5 Å². The zero-order valence-corrected chi connectivity index (χ0v) is 27.4. The highest BCUT2D eigenvalue weighted by Gasteiger charge is 2.35. The van der Waals surface area contributed by atoms with Crippen LogP contribution in [0.5, 0.6) is 11.5 Å². The number of carbonyl (C=O) groups is 2. The summed E-state index contributed by atoms with van der Waals surface area (Å²) in [5, 5.41) is 0. The third kappa shape index (κ3) is 5.51. The molecule has 0 bridgehead atoms. The average molecular weight is 641 g/mol. The molecule has 1 aromatic heterocycles. The molecule has 48 heavy (non-hydrogen) atoms. The number of aryl methyl sites for hydroxylation is 4. The average Bonchev–Trinajstić information content (AvgIpc) is 3.33. The van der Waals surface area contributed by atoms with Crippen molar-refractivity contribution in [2.45, 2.75) is 46.9 Å². The Balaban J connectivity index is 1.32. The number of fused-ring (bicyclic) bond motifs is 4. The summed E-state index contributed by atoms with van der Waals surface area (Å²) in [5.41, 5.74) is 8.47. The van der Waals surface area contributed by atoms with Crippen molar-refractivity contribution in [2.75, 3.05) is 13.7 Å². The van der Waals surface area contributed by atoms with Crippen molar-refractivity contribution in [2.24, 2.45) is 4.99 Å². The van der Waals surface area contributed by atoms with E-state index in [4.69, 9.17) is 14.5 Å². The van der Waals surface area contributed by atoms with Crippen molar-refractivity contribution in [3.63, 3.8) is 0 Å². The summed E-state index contributed by atoms with van der Waals surface area (Å²) in [6.07, 6.45) is 0.610. The van der Waals surface area contributed by atoms with Gasteiger partial charge in [-0.2, -0.15) is 0 Å². The number of hydrogen-bond donors (Lipinski definition) is 0. The third-order valence-electron chi connectivity index (χ3n) is 9.09. The van der Waals surface area contributed by atoms with Crippen LogP contribution in [0.2, 0.25) is 0 Å². The Labute approximate surface area is 278 Å². The van der Waals surface area contributed by atoms with Gasteiger partial charge >= 0.3 is 5.69 Å². The maximum atomic E-state index is 14.3. The van der Waals surface area contributed by atoms with Crippen LogP contribution in [0.3, 0.4) is 0 Å². The molecule has 0 atom stereocenters. The number of carbonyl (C=O) groups excluding carboxylic acids is 2. The molecule has 0 spiro atoms. The van der Waals surface area contributed by atoms with E-state index in [0.717, 1.165) is 39.1 Å². The van der Waals surface area contributed by atoms with E-state index in [0.29, 0.717) is 53.4 Å². The quantitative estimate of drug-likeness (QED) is 0.197. The zero-order valence-electron chi connectivity index (χ0n) is 27.4. The minimum absolute atomic E-state index is 0.0342. The second kappa shape index (κ2) is 12.5. The number of aromatic nitrogens is 2. The van der Waals surface area contributed by atoms with E-state index < -0.39 is 0 Å². The lowest BCUT2D eigenvalue weighted by atomic mass is 9.97. The van der Waals surface area contributed by atoms with Gasteiger partial charge in [0.15, 0.2) is 11.5 Å². The SMILES string of the molecule is COc1cc2c(cc1OCc1ccccc1)CCn1c-2c/c(=N\c2c(C)cc(C)cc2C)n(CCN2C(=O)c3ccccc3C2=O)c1=O. The molecule has 0 fully saturated rings. The number of ether oxygens (including phenoxy) is 2. The van der Waals surface area contributed by atoms with Gasteiger partial charge in [-0.15, -0.1) is 0 Å². The maximum Gasteiger partial charge on any atom is 0.330 e. The van der Waals surface area contributed by atoms with Crippen LogP contribution in [0.15, 0.2) is 94.7 Å². The number of imide groups is 1. The summed E-state index contributed by atoms with van der Waals surface area (Å²) in [5.74, 6) is 0.490. The van der Waals surface area contributed by atoms with Crippen molar-refractivity contribution in [1.29, 1.82) is 0 Å². The van der Waals surface area contributed by atoms with Crippen LogP contribution in [0.4, 0.5) is 5.69 Å². The number of benzene rings is 4. The third-order valence-corrected chi connectivity index (χ3v) is 9.09. The highest BCUT2D eigenvalue weighted by Crippen LogP contribution is 2.38. The molecule has 9 nitrogen and oxygen atoms in total. The van der Waals surface area contributed by atoms with Gasteiger partial charge in [0.25, 0.3) is 11.8 Å². The Morgan fingerprint density at radius 3 is 2.08 bits per heavy atom. The van der Waals surface area contributed by atoms with Gasteiger partial charge in [-0.25, -0.2) is 9.79 Å². The molecule has 5 aromatic rings. The van der Waals surface area contributed by atoms with Crippen LogP contribution >= 0.6 is 0 Å². The number of nitrogens with zero attached hydrogens (tertiary/aromatic N) is 4. The largest absolute Gasteiger partial charge is 0.493 e. The lowest BCUT2D eigenvalue weighted by molar-refractivity contribution is 0.0647. The van der Waals surface area contributed by atoms with E-state index in [2.05, 4.69) is 12.1 Å². The van der Waals surface area contributed by atoms with E-state index in [9.17, 15) is 14.4 Å². The summed E-state index contributed by atoms with van der Waals surface area (Å²) in [6, 6.07) is 26.7. The normalized spacial score (nSPS) is 13.8. The number of methoxy groups -OCH3 is 1. The molecular weight excluding hydrogens is 604 g/mol. The van der Waals surface area contributed by atoms with Crippen LogP contribution in [-0.2, 0) is 26.1 Å². The van der Waals surface area contributed by atoms with E-state index in [1.54, 1.807) is 40.5 Å². The number of rotatable bonds is 8. The molecule has 2 aliphatic rings. The molecule has 9 heteroatoms. The molecule has 2 aliphatic heterocycles. The van der Waals surface area contributed by atoms with Crippen molar-refractivity contribution in [3.05, 3.63) is 140 Å². The fraction of sp³-hybridized carbons (Fsp3) is 0.231. The molecule has 0 unspecified atom stereocenters. The van der Waals surface area contributed by atoms with Gasteiger partial charge in [0.1, 0.15) is 12.1 Å². The molecule has 0 aliphatic carbocycles. The van der Waals surface area contributed by atoms with E-state index in [-0.39, 0.29) is 30.6 Å². The summed E-state index contributed by atoms with van der Waals surface area (Å²) in [7, 11) is 1.61. The molecule has 0 saturated heterocycles. The summed E-state index contributed by atoms with van der Waals surface area (Å²) in [4.78, 5) is 47.0. The highest BCUT2D eigenvalue weighted by molar-refractivity contribution is 6.21. The minimum Gasteiger partial charge on any atom is -0.493 e. The lowest BCUT2D eigenvalue weighted by Gasteiger charge is -2.25. The minimum atomic E-state index is -0.357. The van der Waals surface area contributed by atoms with Crippen LogP contribution in [0, 0.1) is 20.8 Å². The molecule has 4 aromatic carbocycles. The van der Waals surface area contributed by atoms with Crippen molar-refractivity contribution < 1.29 is 19.1 Å². The topological polar surface area (TPSA) is 95.1 Å². The van der Waals surface area contributed by atoms with E-state index in [1.807, 2.05) is 69.3 Å². The summed E-state index contributed by atoms with van der Waals surface area (Å²) in [6.45, 7) is 7.02. The number of amides is 2. The first-order valence-corrected chi connectivity index (χ1v) is 16.0. The zero-order chi connectivity index (χ0) is 33.5. The molecule has 242 valence electrons. The molecule has 0 saturated carbocycles. The summed E-state index contributed by atoms with van der Waals surface area (Å²) < 4.78 is 15.3. The van der Waals surface area contributed by atoms with Crippen LogP contribution in [0.1, 0.15) is 48.5 Å². The van der Waals surface area contributed by atoms with Crippen molar-refractivity contribution in [3.8, 4) is 22.8 Å². The van der Waals surface area contributed by atoms with Gasteiger partial charge < -0.3 is 9.47 Å². The Morgan fingerprint density at radius 2 is 1.42 bits per heavy atom. The molecular formula is C39H36N4O5. The Bertz CT molecular complexity index is 2170. The Hall–Kier alpha value is -5.70. The van der Waals surface area contributed by atoms with Crippen LogP contribution < -0.4 is 20.7 Å². The predicted molar refractivity (Wildman–Crippen MR) is 183 cm³/mol. The van der Waals surface area contributed by atoms with Gasteiger partial charge in [-0.1, -0.05) is 60.2 Å². The van der Waals surface area contributed by atoms with E-state index >= 15 is 0 Å². The maximum absolute atomic E-state index is 14.3. The fourth-order valence-electron chi connectivity index (χ4n) is 6.76. The van der Waals surface area contributed by atoms with Crippen molar-refractivity contribution >= 4 is 17.5 Å². The van der Waals surface area contributed by atoms with Crippen LogP contribution in [0.25, 0.3) is 11.3 Å². The Kier molecular flexibility index (Phi) is 8.04. The second-order valence-corrected chi connectivity index (χ2v) is 12.3. The predicted octanol–water partition coefficient (Wildman–Crippen LogP) is 5.91. The Morgan fingerprint density at radius 1 is 0.750 bits per heavy atom.